The van der Waals surface area contributed by atoms with Gasteiger partial charge in [0.05, 0.1) is 12.1 Å². The highest BCUT2D eigenvalue weighted by Crippen LogP contribution is 2.24. The van der Waals surface area contributed by atoms with Crippen LogP contribution in [0.15, 0.2) is 47.2 Å². The Morgan fingerprint density at radius 3 is 2.90 bits per heavy atom. The van der Waals surface area contributed by atoms with Gasteiger partial charge in [0, 0.05) is 35.5 Å². The molecule has 0 aliphatic carbocycles. The summed E-state index contributed by atoms with van der Waals surface area (Å²) in [6, 6.07) is 12.7. The smallest absolute Gasteiger partial charge is 0.226 e. The molecule has 6 heteroatoms. The molecule has 0 spiro atoms. The first-order valence-electron chi connectivity index (χ1n) is 10.2. The Balaban J connectivity index is 1.24. The van der Waals surface area contributed by atoms with Gasteiger partial charge in [-0.1, -0.05) is 35.9 Å². The third-order valence-electron chi connectivity index (χ3n) is 5.34. The number of piperidine rings is 1. The molecule has 2 aromatic heterocycles. The minimum atomic E-state index is 0.0705. The van der Waals surface area contributed by atoms with E-state index in [4.69, 9.17) is 0 Å². The first-order valence-corrected chi connectivity index (χ1v) is 11.9. The number of thiazole rings is 1. The van der Waals surface area contributed by atoms with Gasteiger partial charge in [-0.15, -0.1) is 22.7 Å². The number of hydrogen-bond acceptors (Lipinski definition) is 5. The predicted molar refractivity (Wildman–Crippen MR) is 121 cm³/mol. The van der Waals surface area contributed by atoms with E-state index in [9.17, 15) is 4.79 Å². The number of amides is 1. The van der Waals surface area contributed by atoms with Crippen molar-refractivity contribution in [3.8, 4) is 10.6 Å². The van der Waals surface area contributed by atoms with E-state index in [1.807, 2.05) is 16.7 Å². The second-order valence-corrected chi connectivity index (χ2v) is 9.70. The topological polar surface area (TPSA) is 45.2 Å². The van der Waals surface area contributed by atoms with E-state index in [0.29, 0.717) is 12.3 Å². The van der Waals surface area contributed by atoms with Crippen molar-refractivity contribution in [3.63, 3.8) is 0 Å². The van der Waals surface area contributed by atoms with Crippen LogP contribution in [0.4, 0.5) is 0 Å². The second kappa shape index (κ2) is 9.65. The normalized spacial score (nSPS) is 17.3. The first kappa shape index (κ1) is 20.3. The number of aromatic nitrogens is 1. The van der Waals surface area contributed by atoms with Gasteiger partial charge in [-0.25, -0.2) is 4.98 Å². The van der Waals surface area contributed by atoms with Crippen molar-refractivity contribution in [2.24, 2.45) is 5.92 Å². The fourth-order valence-electron chi connectivity index (χ4n) is 3.79. The fourth-order valence-corrected chi connectivity index (χ4v) is 5.36. The molecule has 0 radical (unpaired) electrons. The van der Waals surface area contributed by atoms with Gasteiger partial charge in [-0.3, -0.25) is 9.69 Å². The largest absolute Gasteiger partial charge is 0.355 e. The molecule has 1 amide bonds. The SMILES string of the molecule is Cc1ccc(-c2nc(CC(=O)NCC3CCCN(Cc4cccs4)C3)cs2)cc1. The number of rotatable bonds is 7. The van der Waals surface area contributed by atoms with Gasteiger partial charge in [0.2, 0.25) is 5.91 Å². The number of carbonyl (C=O) groups excluding carboxylic acids is 1. The zero-order valence-corrected chi connectivity index (χ0v) is 18.4. The lowest BCUT2D eigenvalue weighted by atomic mass is 9.98. The number of thiophene rings is 1. The zero-order valence-electron chi connectivity index (χ0n) is 16.8. The van der Waals surface area contributed by atoms with Gasteiger partial charge in [-0.05, 0) is 43.7 Å². The summed E-state index contributed by atoms with van der Waals surface area (Å²) in [7, 11) is 0. The molecule has 3 aromatic rings. The number of benzene rings is 1. The number of aryl methyl sites for hydroxylation is 1. The lowest BCUT2D eigenvalue weighted by Gasteiger charge is -2.32. The Morgan fingerprint density at radius 1 is 1.24 bits per heavy atom. The minimum Gasteiger partial charge on any atom is -0.355 e. The molecule has 4 nitrogen and oxygen atoms in total. The highest BCUT2D eigenvalue weighted by atomic mass is 32.1. The zero-order chi connectivity index (χ0) is 20.1. The Labute approximate surface area is 180 Å². The van der Waals surface area contributed by atoms with E-state index < -0.39 is 0 Å². The number of nitrogens with one attached hydrogen (secondary N) is 1. The highest BCUT2D eigenvalue weighted by molar-refractivity contribution is 7.13. The molecule has 1 atom stereocenters. The number of likely N-dealkylation sites (tertiary alicyclic amines) is 1. The maximum atomic E-state index is 12.4. The Morgan fingerprint density at radius 2 is 2.10 bits per heavy atom. The van der Waals surface area contributed by atoms with Crippen molar-refractivity contribution >= 4 is 28.6 Å². The van der Waals surface area contributed by atoms with Crippen molar-refractivity contribution < 1.29 is 4.79 Å². The third kappa shape index (κ3) is 5.75. The molecule has 1 aromatic carbocycles. The molecule has 29 heavy (non-hydrogen) atoms. The first-order chi connectivity index (χ1) is 14.2. The third-order valence-corrected chi connectivity index (χ3v) is 7.14. The van der Waals surface area contributed by atoms with E-state index in [2.05, 4.69) is 63.9 Å². The van der Waals surface area contributed by atoms with Gasteiger partial charge in [0.25, 0.3) is 0 Å². The molecule has 152 valence electrons. The molecule has 1 unspecified atom stereocenters. The molecule has 1 N–H and O–H groups in total. The molecule has 1 fully saturated rings. The standard InChI is InChI=1S/C23H27N3OS2/c1-17-6-8-19(9-7-17)23-25-20(16-29-23)12-22(27)24-13-18-4-2-10-26(14-18)15-21-5-3-11-28-21/h3,5-9,11,16,18H,2,4,10,12-15H2,1H3,(H,24,27). The Kier molecular flexibility index (Phi) is 6.74. The van der Waals surface area contributed by atoms with Crippen LogP contribution in [0.2, 0.25) is 0 Å². The van der Waals surface area contributed by atoms with E-state index in [-0.39, 0.29) is 5.91 Å². The van der Waals surface area contributed by atoms with Crippen molar-refractivity contribution in [1.82, 2.24) is 15.2 Å². The molecule has 0 bridgehead atoms. The molecule has 1 aliphatic rings. The monoisotopic (exact) mass is 425 g/mol. The minimum absolute atomic E-state index is 0.0705. The van der Waals surface area contributed by atoms with Crippen molar-refractivity contribution in [2.75, 3.05) is 19.6 Å². The number of nitrogens with zero attached hydrogens (tertiary/aromatic N) is 2. The summed E-state index contributed by atoms with van der Waals surface area (Å²) < 4.78 is 0. The quantitative estimate of drug-likeness (QED) is 0.594. The summed E-state index contributed by atoms with van der Waals surface area (Å²) in [5, 5.41) is 8.25. The lowest BCUT2D eigenvalue weighted by Crippen LogP contribution is -2.40. The van der Waals surface area contributed by atoms with Crippen LogP contribution < -0.4 is 5.32 Å². The summed E-state index contributed by atoms with van der Waals surface area (Å²) in [6.07, 6.45) is 2.75. The molecule has 1 aliphatic heterocycles. The van der Waals surface area contributed by atoms with Crippen molar-refractivity contribution in [3.05, 3.63) is 63.3 Å². The maximum absolute atomic E-state index is 12.4. The number of hydrogen-bond donors (Lipinski definition) is 1. The van der Waals surface area contributed by atoms with E-state index in [0.717, 1.165) is 42.4 Å². The predicted octanol–water partition coefficient (Wildman–Crippen LogP) is 4.75. The van der Waals surface area contributed by atoms with Crippen LogP contribution in [0, 0.1) is 12.8 Å². The van der Waals surface area contributed by atoms with Crippen LogP contribution in [0.25, 0.3) is 10.6 Å². The number of carbonyl (C=O) groups is 1. The van der Waals surface area contributed by atoms with Crippen LogP contribution in [-0.4, -0.2) is 35.4 Å². The fraction of sp³-hybridized carbons (Fsp3) is 0.391. The van der Waals surface area contributed by atoms with Gasteiger partial charge in [0.1, 0.15) is 5.01 Å². The maximum Gasteiger partial charge on any atom is 0.226 e. The van der Waals surface area contributed by atoms with Gasteiger partial charge in [0.15, 0.2) is 0 Å². The average molecular weight is 426 g/mol. The molecule has 3 heterocycles. The lowest BCUT2D eigenvalue weighted by molar-refractivity contribution is -0.120. The Hall–Kier alpha value is -2.02. The molecular weight excluding hydrogens is 398 g/mol. The van der Waals surface area contributed by atoms with Crippen LogP contribution in [0.5, 0.6) is 0 Å². The van der Waals surface area contributed by atoms with E-state index >= 15 is 0 Å². The summed E-state index contributed by atoms with van der Waals surface area (Å²) in [5.41, 5.74) is 3.20. The summed E-state index contributed by atoms with van der Waals surface area (Å²) in [6.45, 7) is 6.09. The van der Waals surface area contributed by atoms with Gasteiger partial charge in [-0.2, -0.15) is 0 Å². The molecule has 0 saturated carbocycles. The summed E-state index contributed by atoms with van der Waals surface area (Å²) in [5.74, 6) is 0.604. The van der Waals surface area contributed by atoms with Crippen LogP contribution in [0.3, 0.4) is 0 Å². The van der Waals surface area contributed by atoms with E-state index in [1.165, 1.54) is 23.3 Å². The molecule has 1 saturated heterocycles. The highest BCUT2D eigenvalue weighted by Gasteiger charge is 2.21. The second-order valence-electron chi connectivity index (χ2n) is 7.81. The van der Waals surface area contributed by atoms with Crippen LogP contribution in [0.1, 0.15) is 29.0 Å². The summed E-state index contributed by atoms with van der Waals surface area (Å²) in [4.78, 5) is 21.0. The molecule has 4 rings (SSSR count). The Bertz CT molecular complexity index is 918. The molecular formula is C23H27N3OS2. The van der Waals surface area contributed by atoms with Gasteiger partial charge >= 0.3 is 0 Å². The van der Waals surface area contributed by atoms with Crippen molar-refractivity contribution in [2.45, 2.75) is 32.7 Å². The average Bonchev–Trinajstić information content (AvgIpc) is 3.40. The van der Waals surface area contributed by atoms with Gasteiger partial charge < -0.3 is 5.32 Å². The van der Waals surface area contributed by atoms with Crippen LogP contribution in [-0.2, 0) is 17.8 Å². The van der Waals surface area contributed by atoms with E-state index in [1.54, 1.807) is 11.3 Å². The summed E-state index contributed by atoms with van der Waals surface area (Å²) >= 11 is 3.42. The van der Waals surface area contributed by atoms with Crippen LogP contribution >= 0.6 is 22.7 Å². The van der Waals surface area contributed by atoms with Crippen molar-refractivity contribution in [1.29, 1.82) is 0 Å².